The summed E-state index contributed by atoms with van der Waals surface area (Å²) in [5, 5.41) is 0. The van der Waals surface area contributed by atoms with Gasteiger partial charge in [0.15, 0.2) is 0 Å². The van der Waals surface area contributed by atoms with E-state index in [1.165, 1.54) is 0 Å². The molecule has 2 fully saturated rings. The summed E-state index contributed by atoms with van der Waals surface area (Å²) in [5.41, 5.74) is 2.77. The molecule has 1 saturated carbocycles. The molecule has 3 atom stereocenters. The fraction of sp³-hybridized carbons (Fsp3) is 0.650. The highest BCUT2D eigenvalue weighted by Crippen LogP contribution is 2.32. The standard InChI is InChI=1S/C20H30N2O3/c1-13-10-15(11-14(2)19(13)24-5)20(23)22-8-9-25-18-12-16(21(3)4)6-7-17(18)22/h10-11,16-18H,6-9,12H2,1-5H3/t16-,17+,18-/m1/s1. The smallest absolute Gasteiger partial charge is 0.254 e. The number of ether oxygens (including phenoxy) is 2. The van der Waals surface area contributed by atoms with Gasteiger partial charge in [0.2, 0.25) is 0 Å². The second kappa shape index (κ2) is 7.34. The lowest BCUT2D eigenvalue weighted by molar-refractivity contribution is -0.0877. The van der Waals surface area contributed by atoms with Gasteiger partial charge in [-0.1, -0.05) is 0 Å². The van der Waals surface area contributed by atoms with Crippen LogP contribution in [0.1, 0.15) is 40.7 Å². The zero-order valence-electron chi connectivity index (χ0n) is 16.0. The maximum atomic E-state index is 13.2. The molecule has 0 radical (unpaired) electrons. The molecule has 1 aliphatic heterocycles. The summed E-state index contributed by atoms with van der Waals surface area (Å²) < 4.78 is 11.4. The van der Waals surface area contributed by atoms with Gasteiger partial charge >= 0.3 is 0 Å². The van der Waals surface area contributed by atoms with Gasteiger partial charge in [-0.05, 0) is 70.5 Å². The highest BCUT2D eigenvalue weighted by molar-refractivity contribution is 5.95. The first-order valence-corrected chi connectivity index (χ1v) is 9.16. The van der Waals surface area contributed by atoms with Gasteiger partial charge < -0.3 is 19.3 Å². The lowest BCUT2D eigenvalue weighted by atomic mass is 9.85. The third-order valence-corrected chi connectivity index (χ3v) is 5.70. The van der Waals surface area contributed by atoms with E-state index in [2.05, 4.69) is 19.0 Å². The van der Waals surface area contributed by atoms with E-state index in [1.54, 1.807) is 7.11 Å². The first kappa shape index (κ1) is 18.2. The molecule has 1 aromatic rings. The number of hydrogen-bond donors (Lipinski definition) is 0. The first-order chi connectivity index (χ1) is 11.9. The summed E-state index contributed by atoms with van der Waals surface area (Å²) in [5.74, 6) is 0.985. The first-order valence-electron chi connectivity index (χ1n) is 9.16. The van der Waals surface area contributed by atoms with Crippen LogP contribution in [0.4, 0.5) is 0 Å². The molecule has 1 aliphatic carbocycles. The Kier molecular flexibility index (Phi) is 5.35. The van der Waals surface area contributed by atoms with Crippen molar-refractivity contribution in [3.05, 3.63) is 28.8 Å². The van der Waals surface area contributed by atoms with Gasteiger partial charge in [-0.3, -0.25) is 4.79 Å². The normalized spacial score (nSPS) is 26.5. The number of hydrogen-bond acceptors (Lipinski definition) is 4. The Morgan fingerprint density at radius 1 is 1.24 bits per heavy atom. The van der Waals surface area contributed by atoms with Crippen LogP contribution in [-0.4, -0.2) is 68.3 Å². The predicted octanol–water partition coefficient (Wildman–Crippen LogP) is 2.64. The van der Waals surface area contributed by atoms with Gasteiger partial charge in [0.25, 0.3) is 5.91 Å². The summed E-state index contributed by atoms with van der Waals surface area (Å²) in [6.45, 7) is 5.29. The number of methoxy groups -OCH3 is 1. The Balaban J connectivity index is 1.80. The van der Waals surface area contributed by atoms with E-state index in [0.29, 0.717) is 19.2 Å². The zero-order chi connectivity index (χ0) is 18.1. The monoisotopic (exact) mass is 346 g/mol. The van der Waals surface area contributed by atoms with E-state index in [0.717, 1.165) is 41.7 Å². The molecule has 0 aromatic heterocycles. The number of nitrogens with zero attached hydrogens (tertiary/aromatic N) is 2. The number of benzene rings is 1. The van der Waals surface area contributed by atoms with Gasteiger partial charge in [-0.15, -0.1) is 0 Å². The van der Waals surface area contributed by atoms with Crippen molar-refractivity contribution in [2.45, 2.75) is 51.3 Å². The number of amides is 1. The number of fused-ring (bicyclic) bond motifs is 1. The van der Waals surface area contributed by atoms with Crippen LogP contribution in [0, 0.1) is 13.8 Å². The molecule has 5 heteroatoms. The lowest BCUT2D eigenvalue weighted by Crippen LogP contribution is -2.57. The Morgan fingerprint density at radius 2 is 1.92 bits per heavy atom. The van der Waals surface area contributed by atoms with Crippen molar-refractivity contribution in [3.8, 4) is 5.75 Å². The van der Waals surface area contributed by atoms with E-state index in [4.69, 9.17) is 9.47 Å². The molecule has 1 aromatic carbocycles. The molecule has 0 bridgehead atoms. The van der Waals surface area contributed by atoms with Gasteiger partial charge in [0.1, 0.15) is 5.75 Å². The molecule has 1 heterocycles. The van der Waals surface area contributed by atoms with Crippen LogP contribution in [0.3, 0.4) is 0 Å². The van der Waals surface area contributed by atoms with Crippen LogP contribution >= 0.6 is 0 Å². The maximum absolute atomic E-state index is 13.2. The van der Waals surface area contributed by atoms with E-state index in [9.17, 15) is 4.79 Å². The zero-order valence-corrected chi connectivity index (χ0v) is 16.0. The van der Waals surface area contributed by atoms with Crippen molar-refractivity contribution in [1.29, 1.82) is 0 Å². The summed E-state index contributed by atoms with van der Waals surface area (Å²) in [6.07, 6.45) is 3.27. The van der Waals surface area contributed by atoms with Crippen LogP contribution in [0.2, 0.25) is 0 Å². The van der Waals surface area contributed by atoms with Crippen molar-refractivity contribution in [3.63, 3.8) is 0 Å². The number of carbonyl (C=O) groups excluding carboxylic acids is 1. The van der Waals surface area contributed by atoms with Crippen molar-refractivity contribution < 1.29 is 14.3 Å². The largest absolute Gasteiger partial charge is 0.496 e. The number of aryl methyl sites for hydroxylation is 2. The average molecular weight is 346 g/mol. The second-order valence-corrected chi connectivity index (χ2v) is 7.55. The summed E-state index contributed by atoms with van der Waals surface area (Å²) in [4.78, 5) is 17.5. The Hall–Kier alpha value is -1.59. The van der Waals surface area contributed by atoms with E-state index in [-0.39, 0.29) is 18.1 Å². The van der Waals surface area contributed by atoms with Crippen molar-refractivity contribution in [2.75, 3.05) is 34.4 Å². The SMILES string of the molecule is COc1c(C)cc(C(=O)N2CCO[C@@H]3C[C@H](N(C)C)CC[C@@H]32)cc1C. The number of rotatable bonds is 3. The second-order valence-electron chi connectivity index (χ2n) is 7.55. The summed E-state index contributed by atoms with van der Waals surface area (Å²) >= 11 is 0. The van der Waals surface area contributed by atoms with Gasteiger partial charge in [-0.25, -0.2) is 0 Å². The van der Waals surface area contributed by atoms with Crippen molar-refractivity contribution in [1.82, 2.24) is 9.80 Å². The van der Waals surface area contributed by atoms with Crippen LogP contribution in [-0.2, 0) is 4.74 Å². The topological polar surface area (TPSA) is 42.0 Å². The minimum Gasteiger partial charge on any atom is -0.496 e. The van der Waals surface area contributed by atoms with E-state index in [1.807, 2.05) is 30.9 Å². The van der Waals surface area contributed by atoms with Crippen LogP contribution in [0.5, 0.6) is 5.75 Å². The van der Waals surface area contributed by atoms with Gasteiger partial charge in [-0.2, -0.15) is 0 Å². The average Bonchev–Trinajstić information content (AvgIpc) is 2.59. The third kappa shape index (κ3) is 3.53. The number of carbonyl (C=O) groups is 1. The molecule has 1 saturated heterocycles. The van der Waals surface area contributed by atoms with Gasteiger partial charge in [0, 0.05) is 18.2 Å². The highest BCUT2D eigenvalue weighted by atomic mass is 16.5. The maximum Gasteiger partial charge on any atom is 0.254 e. The Bertz CT molecular complexity index is 621. The van der Waals surface area contributed by atoms with Gasteiger partial charge in [0.05, 0.1) is 25.9 Å². The molecule has 1 amide bonds. The molecular formula is C20H30N2O3. The Labute approximate surface area is 150 Å². The molecule has 0 spiro atoms. The molecule has 138 valence electrons. The fourth-order valence-electron chi connectivity index (χ4n) is 4.38. The molecule has 25 heavy (non-hydrogen) atoms. The van der Waals surface area contributed by atoms with Crippen molar-refractivity contribution in [2.24, 2.45) is 0 Å². The van der Waals surface area contributed by atoms with Crippen LogP contribution < -0.4 is 4.74 Å². The number of morpholine rings is 1. The molecule has 0 N–H and O–H groups in total. The summed E-state index contributed by atoms with van der Waals surface area (Å²) in [6, 6.07) is 4.63. The molecular weight excluding hydrogens is 316 g/mol. The lowest BCUT2D eigenvalue weighted by Gasteiger charge is -2.47. The molecule has 3 rings (SSSR count). The third-order valence-electron chi connectivity index (χ3n) is 5.70. The molecule has 2 aliphatic rings. The van der Waals surface area contributed by atoms with Crippen LogP contribution in [0.15, 0.2) is 12.1 Å². The fourth-order valence-corrected chi connectivity index (χ4v) is 4.38. The quantitative estimate of drug-likeness (QED) is 0.844. The summed E-state index contributed by atoms with van der Waals surface area (Å²) in [7, 11) is 5.92. The Morgan fingerprint density at radius 3 is 2.52 bits per heavy atom. The predicted molar refractivity (Wildman–Crippen MR) is 98.4 cm³/mol. The van der Waals surface area contributed by atoms with Crippen LogP contribution in [0.25, 0.3) is 0 Å². The van der Waals surface area contributed by atoms with E-state index >= 15 is 0 Å². The molecule has 5 nitrogen and oxygen atoms in total. The van der Waals surface area contributed by atoms with E-state index < -0.39 is 0 Å². The van der Waals surface area contributed by atoms with Crippen molar-refractivity contribution >= 4 is 5.91 Å². The molecule has 0 unspecified atom stereocenters. The highest BCUT2D eigenvalue weighted by Gasteiger charge is 2.40. The minimum atomic E-state index is 0.121. The minimum absolute atomic E-state index is 0.121.